The Morgan fingerprint density at radius 2 is 2.24 bits per heavy atom. The molecule has 1 saturated heterocycles. The van der Waals surface area contributed by atoms with Crippen molar-refractivity contribution in [3.05, 3.63) is 48.0 Å². The quantitative estimate of drug-likeness (QED) is 0.666. The van der Waals surface area contributed by atoms with E-state index in [1.54, 1.807) is 28.9 Å². The number of nitrogens with one attached hydrogen (secondary N) is 1. The summed E-state index contributed by atoms with van der Waals surface area (Å²) in [5.41, 5.74) is 1.62. The van der Waals surface area contributed by atoms with E-state index in [1.165, 1.54) is 12.1 Å². The number of hydrogen-bond acceptors (Lipinski definition) is 3. The zero-order valence-corrected chi connectivity index (χ0v) is 14.3. The Kier molecular flexibility index (Phi) is 4.97. The Morgan fingerprint density at radius 1 is 1.40 bits per heavy atom. The van der Waals surface area contributed by atoms with Crippen molar-refractivity contribution >= 4 is 17.6 Å². The predicted octanol–water partition coefficient (Wildman–Crippen LogP) is 0.983. The van der Waals surface area contributed by atoms with E-state index in [0.29, 0.717) is 25.6 Å². The largest absolute Gasteiger partial charge is 0.352 e. The number of piperazine rings is 1. The molecule has 2 aromatic rings. The third kappa shape index (κ3) is 3.96. The van der Waals surface area contributed by atoms with Crippen LogP contribution in [0.5, 0.6) is 0 Å². The van der Waals surface area contributed by atoms with Crippen LogP contribution in [0.4, 0.5) is 10.1 Å². The molecule has 3 rings (SSSR count). The maximum atomic E-state index is 13.3. The molecule has 1 aliphatic rings. The van der Waals surface area contributed by atoms with Crippen LogP contribution < -0.4 is 10.2 Å². The zero-order valence-electron chi connectivity index (χ0n) is 14.3. The third-order valence-corrected chi connectivity index (χ3v) is 4.07. The van der Waals surface area contributed by atoms with E-state index in [1.807, 2.05) is 24.2 Å². The summed E-state index contributed by atoms with van der Waals surface area (Å²) < 4.78 is 14.9. The SMILES string of the molecule is CN=C(NCc1cccc(F)c1)N1CCN(c2cnn(C)c2)C(=O)C1. The maximum Gasteiger partial charge on any atom is 0.246 e. The summed E-state index contributed by atoms with van der Waals surface area (Å²) >= 11 is 0. The minimum absolute atomic E-state index is 0.00652. The lowest BCUT2D eigenvalue weighted by molar-refractivity contribution is -0.120. The van der Waals surface area contributed by atoms with Gasteiger partial charge in [-0.1, -0.05) is 12.1 Å². The number of anilines is 1. The highest BCUT2D eigenvalue weighted by Gasteiger charge is 2.27. The molecule has 8 heteroatoms. The molecule has 2 heterocycles. The predicted molar refractivity (Wildman–Crippen MR) is 93.7 cm³/mol. The summed E-state index contributed by atoms with van der Waals surface area (Å²) in [5.74, 6) is 0.353. The second kappa shape index (κ2) is 7.33. The van der Waals surface area contributed by atoms with E-state index < -0.39 is 0 Å². The molecule has 1 N–H and O–H groups in total. The van der Waals surface area contributed by atoms with Gasteiger partial charge in [-0.15, -0.1) is 0 Å². The number of aromatic nitrogens is 2. The van der Waals surface area contributed by atoms with Crippen LogP contribution in [0, 0.1) is 5.82 Å². The number of guanidine groups is 1. The molecule has 1 aromatic carbocycles. The summed E-state index contributed by atoms with van der Waals surface area (Å²) in [5, 5.41) is 7.29. The standard InChI is InChI=1S/C17H21FN6O/c1-19-17(20-9-13-4-3-5-14(18)8-13)23-6-7-24(16(25)12-23)15-10-21-22(2)11-15/h3-5,8,10-11H,6-7,9,12H2,1-2H3,(H,19,20). The van der Waals surface area contributed by atoms with E-state index in [4.69, 9.17) is 0 Å². The third-order valence-electron chi connectivity index (χ3n) is 4.07. The maximum absolute atomic E-state index is 13.3. The molecule has 0 atom stereocenters. The van der Waals surface area contributed by atoms with Crippen LogP contribution in [0.2, 0.25) is 0 Å². The number of amides is 1. The van der Waals surface area contributed by atoms with Gasteiger partial charge in [0.05, 0.1) is 11.9 Å². The number of rotatable bonds is 3. The molecule has 132 valence electrons. The van der Waals surface area contributed by atoms with Crippen LogP contribution in [0.15, 0.2) is 41.7 Å². The lowest BCUT2D eigenvalue weighted by atomic mass is 10.2. The molecule has 0 radical (unpaired) electrons. The molecule has 0 unspecified atom stereocenters. The molecular formula is C17H21FN6O. The fraction of sp³-hybridized carbons (Fsp3) is 0.353. The molecule has 0 bridgehead atoms. The molecule has 0 saturated carbocycles. The van der Waals surface area contributed by atoms with E-state index in [0.717, 1.165) is 11.3 Å². The van der Waals surface area contributed by atoms with Gasteiger partial charge >= 0.3 is 0 Å². The van der Waals surface area contributed by atoms with Crippen molar-refractivity contribution in [3.8, 4) is 0 Å². The van der Waals surface area contributed by atoms with Crippen LogP contribution in [-0.4, -0.2) is 53.2 Å². The fourth-order valence-electron chi connectivity index (χ4n) is 2.83. The van der Waals surface area contributed by atoms with Crippen LogP contribution in [-0.2, 0) is 18.4 Å². The highest BCUT2D eigenvalue weighted by atomic mass is 19.1. The summed E-state index contributed by atoms with van der Waals surface area (Å²) in [6, 6.07) is 6.40. The molecule has 7 nitrogen and oxygen atoms in total. The highest BCUT2D eigenvalue weighted by molar-refractivity contribution is 5.98. The summed E-state index contributed by atoms with van der Waals surface area (Å²) in [7, 11) is 3.49. The van der Waals surface area contributed by atoms with Gasteiger partial charge in [0.2, 0.25) is 5.91 Å². The number of hydrogen-bond donors (Lipinski definition) is 1. The van der Waals surface area contributed by atoms with Gasteiger partial charge in [0.15, 0.2) is 5.96 Å². The number of aryl methyl sites for hydroxylation is 1. The number of carbonyl (C=O) groups is 1. The van der Waals surface area contributed by atoms with Gasteiger partial charge in [-0.3, -0.25) is 14.5 Å². The molecular weight excluding hydrogens is 323 g/mol. The van der Waals surface area contributed by atoms with Crippen molar-refractivity contribution in [1.82, 2.24) is 20.0 Å². The minimum Gasteiger partial charge on any atom is -0.352 e. The van der Waals surface area contributed by atoms with Gasteiger partial charge in [-0.05, 0) is 17.7 Å². The topological polar surface area (TPSA) is 65.8 Å². The van der Waals surface area contributed by atoms with Crippen molar-refractivity contribution in [1.29, 1.82) is 0 Å². The van der Waals surface area contributed by atoms with E-state index in [-0.39, 0.29) is 18.3 Å². The van der Waals surface area contributed by atoms with Gasteiger partial charge in [-0.25, -0.2) is 4.39 Å². The number of benzene rings is 1. The van der Waals surface area contributed by atoms with E-state index in [2.05, 4.69) is 15.4 Å². The number of nitrogens with zero attached hydrogens (tertiary/aromatic N) is 5. The van der Waals surface area contributed by atoms with Crippen molar-refractivity contribution in [2.45, 2.75) is 6.54 Å². The zero-order chi connectivity index (χ0) is 17.8. The first-order chi connectivity index (χ1) is 12.1. The van der Waals surface area contributed by atoms with E-state index in [9.17, 15) is 9.18 Å². The normalized spacial score (nSPS) is 15.6. The first kappa shape index (κ1) is 16.9. The first-order valence-corrected chi connectivity index (χ1v) is 8.06. The number of aliphatic imine (C=N–C) groups is 1. The fourth-order valence-corrected chi connectivity index (χ4v) is 2.83. The Morgan fingerprint density at radius 3 is 2.88 bits per heavy atom. The van der Waals surface area contributed by atoms with Gasteiger partial charge < -0.3 is 15.1 Å². The van der Waals surface area contributed by atoms with Crippen molar-refractivity contribution < 1.29 is 9.18 Å². The average Bonchev–Trinajstić information content (AvgIpc) is 3.02. The van der Waals surface area contributed by atoms with Crippen LogP contribution in [0.1, 0.15) is 5.56 Å². The van der Waals surface area contributed by atoms with Crippen LogP contribution in [0.25, 0.3) is 0 Å². The Hall–Kier alpha value is -2.90. The first-order valence-electron chi connectivity index (χ1n) is 8.06. The van der Waals surface area contributed by atoms with Gasteiger partial charge in [0.1, 0.15) is 12.4 Å². The number of carbonyl (C=O) groups excluding carboxylic acids is 1. The Balaban J connectivity index is 1.60. The van der Waals surface area contributed by atoms with Gasteiger partial charge in [0.25, 0.3) is 0 Å². The van der Waals surface area contributed by atoms with Crippen LogP contribution >= 0.6 is 0 Å². The van der Waals surface area contributed by atoms with Crippen molar-refractivity contribution in [2.75, 3.05) is 31.6 Å². The lowest BCUT2D eigenvalue weighted by Crippen LogP contribution is -2.55. The summed E-state index contributed by atoms with van der Waals surface area (Å²) in [6.45, 7) is 1.90. The second-order valence-electron chi connectivity index (χ2n) is 5.87. The molecule has 1 aliphatic heterocycles. The minimum atomic E-state index is -0.269. The molecule has 0 aliphatic carbocycles. The Bertz CT molecular complexity index is 787. The van der Waals surface area contributed by atoms with E-state index >= 15 is 0 Å². The van der Waals surface area contributed by atoms with Crippen molar-refractivity contribution in [3.63, 3.8) is 0 Å². The lowest BCUT2D eigenvalue weighted by Gasteiger charge is -2.35. The average molecular weight is 344 g/mol. The monoisotopic (exact) mass is 344 g/mol. The van der Waals surface area contributed by atoms with Gasteiger partial charge in [0, 0.05) is 39.9 Å². The molecule has 0 spiro atoms. The van der Waals surface area contributed by atoms with Crippen LogP contribution in [0.3, 0.4) is 0 Å². The summed E-state index contributed by atoms with van der Waals surface area (Å²) in [4.78, 5) is 20.3. The molecule has 25 heavy (non-hydrogen) atoms. The smallest absolute Gasteiger partial charge is 0.246 e. The molecule has 1 aromatic heterocycles. The summed E-state index contributed by atoms with van der Waals surface area (Å²) in [6.07, 6.45) is 3.51. The molecule has 1 fully saturated rings. The molecule has 1 amide bonds. The van der Waals surface area contributed by atoms with Gasteiger partial charge in [-0.2, -0.15) is 5.10 Å². The Labute approximate surface area is 145 Å². The van der Waals surface area contributed by atoms with Crippen molar-refractivity contribution in [2.24, 2.45) is 12.0 Å². The highest BCUT2D eigenvalue weighted by Crippen LogP contribution is 2.16. The number of halogens is 1. The second-order valence-corrected chi connectivity index (χ2v) is 5.87.